The number of likely N-dealkylation sites (tertiary alicyclic amines) is 1. The molecule has 1 aliphatic heterocycles. The van der Waals surface area contributed by atoms with E-state index in [9.17, 15) is 4.79 Å². The molecule has 3 nitrogen and oxygen atoms in total. The molecule has 0 bridgehead atoms. The van der Waals surface area contributed by atoms with Gasteiger partial charge >= 0.3 is 0 Å². The van der Waals surface area contributed by atoms with Gasteiger partial charge in [0.25, 0.3) is 0 Å². The quantitative estimate of drug-likeness (QED) is 0.786. The largest absolute Gasteiger partial charge is 0.347 e. The van der Waals surface area contributed by atoms with Gasteiger partial charge in [0.15, 0.2) is 0 Å². The Balaban J connectivity index is 1.85. The predicted molar refractivity (Wildman–Crippen MR) is 86.3 cm³/mol. The number of aromatic nitrogens is 1. The molecule has 112 valence electrons. The molecule has 1 aromatic carbocycles. The van der Waals surface area contributed by atoms with Crippen LogP contribution >= 0.6 is 0 Å². The second-order valence-corrected chi connectivity index (χ2v) is 7.17. The number of hydrogen-bond acceptors (Lipinski definition) is 1. The van der Waals surface area contributed by atoms with Crippen LogP contribution in [0.15, 0.2) is 30.3 Å². The van der Waals surface area contributed by atoms with E-state index in [1.165, 1.54) is 16.6 Å². The normalized spacial score (nSPS) is 19.4. The van der Waals surface area contributed by atoms with Crippen LogP contribution in [0.3, 0.4) is 0 Å². The second kappa shape index (κ2) is 4.90. The number of carbonyl (C=O) groups excluding carboxylic acids is 1. The van der Waals surface area contributed by atoms with Crippen LogP contribution in [0.2, 0.25) is 0 Å². The number of benzene rings is 1. The third-order valence-corrected chi connectivity index (χ3v) is 4.52. The molecule has 1 amide bonds. The third kappa shape index (κ3) is 2.45. The topological polar surface area (TPSA) is 25.2 Å². The van der Waals surface area contributed by atoms with Crippen molar-refractivity contribution < 1.29 is 4.79 Å². The average molecular weight is 284 g/mol. The van der Waals surface area contributed by atoms with Crippen molar-refractivity contribution in [3.8, 4) is 0 Å². The first-order valence-corrected chi connectivity index (χ1v) is 7.71. The van der Waals surface area contributed by atoms with Crippen molar-refractivity contribution in [1.29, 1.82) is 0 Å². The molecule has 2 aromatic rings. The smallest absolute Gasteiger partial charge is 0.227 e. The van der Waals surface area contributed by atoms with Gasteiger partial charge in [0.1, 0.15) is 0 Å². The van der Waals surface area contributed by atoms with Crippen molar-refractivity contribution >= 4 is 16.8 Å². The highest BCUT2D eigenvalue weighted by Crippen LogP contribution is 2.33. The molecule has 0 N–H and O–H groups in total. The first kappa shape index (κ1) is 14.2. The summed E-state index contributed by atoms with van der Waals surface area (Å²) in [6.45, 7) is 7.72. The summed E-state index contributed by atoms with van der Waals surface area (Å²) < 4.78 is 2.28. The summed E-state index contributed by atoms with van der Waals surface area (Å²) in [7, 11) is 2.13. The summed E-state index contributed by atoms with van der Waals surface area (Å²) in [6, 6.07) is 10.8. The zero-order chi connectivity index (χ0) is 15.2. The highest BCUT2D eigenvalue weighted by Gasteiger charge is 2.34. The van der Waals surface area contributed by atoms with Crippen molar-refractivity contribution in [3.63, 3.8) is 0 Å². The molecule has 1 saturated heterocycles. The van der Waals surface area contributed by atoms with E-state index in [2.05, 4.69) is 41.9 Å². The molecule has 3 heteroatoms. The molecule has 2 heterocycles. The number of fused-ring (bicyclic) bond motifs is 1. The SMILES string of the molecule is Cn1c(C2CCN(C(=O)C(C)(C)C)C2)cc2ccccc21. The first-order valence-electron chi connectivity index (χ1n) is 7.71. The minimum atomic E-state index is -0.284. The molecular formula is C18H24N2O. The fraction of sp³-hybridized carbons (Fsp3) is 0.500. The van der Waals surface area contributed by atoms with Gasteiger partial charge in [0, 0.05) is 42.7 Å². The van der Waals surface area contributed by atoms with Gasteiger partial charge in [-0.1, -0.05) is 39.0 Å². The van der Waals surface area contributed by atoms with Gasteiger partial charge in [-0.15, -0.1) is 0 Å². The molecule has 1 atom stereocenters. The third-order valence-electron chi connectivity index (χ3n) is 4.52. The zero-order valence-corrected chi connectivity index (χ0v) is 13.4. The maximum atomic E-state index is 12.4. The van der Waals surface area contributed by atoms with Crippen LogP contribution in [-0.4, -0.2) is 28.5 Å². The van der Waals surface area contributed by atoms with E-state index in [-0.39, 0.29) is 11.3 Å². The Bertz CT molecular complexity index is 678. The fourth-order valence-corrected chi connectivity index (χ4v) is 3.36. The lowest BCUT2D eigenvalue weighted by Crippen LogP contribution is -2.37. The van der Waals surface area contributed by atoms with E-state index in [1.54, 1.807) is 0 Å². The molecule has 1 fully saturated rings. The molecule has 1 unspecified atom stereocenters. The fourth-order valence-electron chi connectivity index (χ4n) is 3.36. The van der Waals surface area contributed by atoms with E-state index < -0.39 is 0 Å². The van der Waals surface area contributed by atoms with Crippen molar-refractivity contribution in [3.05, 3.63) is 36.0 Å². The first-order chi connectivity index (χ1) is 9.88. The number of hydrogen-bond donors (Lipinski definition) is 0. The van der Waals surface area contributed by atoms with Crippen LogP contribution in [0.4, 0.5) is 0 Å². The van der Waals surface area contributed by atoms with Crippen LogP contribution < -0.4 is 0 Å². The van der Waals surface area contributed by atoms with Crippen LogP contribution in [0, 0.1) is 5.41 Å². The van der Waals surface area contributed by atoms with Gasteiger partial charge in [-0.2, -0.15) is 0 Å². The maximum absolute atomic E-state index is 12.4. The molecule has 1 aromatic heterocycles. The number of aryl methyl sites for hydroxylation is 1. The van der Waals surface area contributed by atoms with Crippen molar-refractivity contribution in [1.82, 2.24) is 9.47 Å². The molecule has 0 saturated carbocycles. The van der Waals surface area contributed by atoms with E-state index in [1.807, 2.05) is 25.7 Å². The Morgan fingerprint density at radius 3 is 2.62 bits per heavy atom. The van der Waals surface area contributed by atoms with Crippen molar-refractivity contribution in [2.45, 2.75) is 33.1 Å². The Kier molecular flexibility index (Phi) is 3.31. The number of amides is 1. The predicted octanol–water partition coefficient (Wildman–Crippen LogP) is 3.54. The van der Waals surface area contributed by atoms with Gasteiger partial charge in [0.05, 0.1) is 0 Å². The molecule has 0 spiro atoms. The Labute approximate surface area is 126 Å². The average Bonchev–Trinajstić information content (AvgIpc) is 3.02. The van der Waals surface area contributed by atoms with Crippen LogP contribution in [0.1, 0.15) is 38.8 Å². The number of carbonyl (C=O) groups is 1. The molecule has 0 aliphatic carbocycles. The molecular weight excluding hydrogens is 260 g/mol. The van der Waals surface area contributed by atoms with Crippen LogP contribution in [0.25, 0.3) is 10.9 Å². The van der Waals surface area contributed by atoms with E-state index in [4.69, 9.17) is 0 Å². The van der Waals surface area contributed by atoms with E-state index in [0.717, 1.165) is 19.5 Å². The van der Waals surface area contributed by atoms with Gasteiger partial charge in [-0.25, -0.2) is 0 Å². The Morgan fingerprint density at radius 2 is 1.95 bits per heavy atom. The molecule has 3 rings (SSSR count). The minimum absolute atomic E-state index is 0.267. The molecule has 1 aliphatic rings. The van der Waals surface area contributed by atoms with Crippen molar-refractivity contribution in [2.24, 2.45) is 12.5 Å². The van der Waals surface area contributed by atoms with Crippen LogP contribution in [-0.2, 0) is 11.8 Å². The summed E-state index contributed by atoms with van der Waals surface area (Å²) in [4.78, 5) is 14.5. The van der Waals surface area contributed by atoms with E-state index >= 15 is 0 Å². The number of nitrogens with zero attached hydrogens (tertiary/aromatic N) is 2. The lowest BCUT2D eigenvalue weighted by Gasteiger charge is -2.25. The van der Waals surface area contributed by atoms with Gasteiger partial charge in [-0.05, 0) is 23.9 Å². The standard InChI is InChI=1S/C18H24N2O/c1-18(2,3)17(21)20-10-9-14(12-20)16-11-13-7-5-6-8-15(13)19(16)4/h5-8,11,14H,9-10,12H2,1-4H3. The molecule has 0 radical (unpaired) electrons. The van der Waals surface area contributed by atoms with Gasteiger partial charge in [-0.3, -0.25) is 4.79 Å². The maximum Gasteiger partial charge on any atom is 0.227 e. The highest BCUT2D eigenvalue weighted by molar-refractivity contribution is 5.83. The lowest BCUT2D eigenvalue weighted by molar-refractivity contribution is -0.138. The van der Waals surface area contributed by atoms with E-state index in [0.29, 0.717) is 5.92 Å². The lowest BCUT2D eigenvalue weighted by atomic mass is 9.95. The summed E-state index contributed by atoms with van der Waals surface area (Å²) >= 11 is 0. The number of para-hydroxylation sites is 1. The van der Waals surface area contributed by atoms with Gasteiger partial charge < -0.3 is 9.47 Å². The summed E-state index contributed by atoms with van der Waals surface area (Å²) in [5, 5.41) is 1.29. The monoisotopic (exact) mass is 284 g/mol. The Morgan fingerprint density at radius 1 is 1.24 bits per heavy atom. The number of rotatable bonds is 1. The minimum Gasteiger partial charge on any atom is -0.347 e. The van der Waals surface area contributed by atoms with Gasteiger partial charge in [0.2, 0.25) is 5.91 Å². The summed E-state index contributed by atoms with van der Waals surface area (Å²) in [6.07, 6.45) is 1.06. The second-order valence-electron chi connectivity index (χ2n) is 7.17. The zero-order valence-electron chi connectivity index (χ0n) is 13.4. The summed E-state index contributed by atoms with van der Waals surface area (Å²) in [5.41, 5.74) is 2.34. The van der Waals surface area contributed by atoms with Crippen LogP contribution in [0.5, 0.6) is 0 Å². The van der Waals surface area contributed by atoms with Crippen molar-refractivity contribution in [2.75, 3.05) is 13.1 Å². The highest BCUT2D eigenvalue weighted by atomic mass is 16.2. The molecule has 21 heavy (non-hydrogen) atoms. The Hall–Kier alpha value is -1.77. The summed E-state index contributed by atoms with van der Waals surface area (Å²) in [5.74, 6) is 0.720.